The molecule has 0 spiro atoms. The largest absolute Gasteiger partial charge is 0.479 e. The van der Waals surface area contributed by atoms with Crippen molar-refractivity contribution in [1.82, 2.24) is 0 Å². The van der Waals surface area contributed by atoms with Gasteiger partial charge >= 0.3 is 5.97 Å². The lowest BCUT2D eigenvalue weighted by molar-refractivity contribution is -0.147. The number of hydrogen-bond donors (Lipinski definition) is 1. The molecule has 0 heterocycles. The van der Waals surface area contributed by atoms with Gasteiger partial charge in [0.1, 0.15) is 5.75 Å². The van der Waals surface area contributed by atoms with Crippen molar-refractivity contribution in [1.29, 1.82) is 0 Å². The van der Waals surface area contributed by atoms with Crippen molar-refractivity contribution in [2.24, 2.45) is 5.73 Å². The first-order chi connectivity index (χ1) is 7.95. The highest BCUT2D eigenvalue weighted by molar-refractivity contribution is 5.74. The van der Waals surface area contributed by atoms with Gasteiger partial charge in [0.05, 0.1) is 7.11 Å². The molecule has 94 valence electrons. The van der Waals surface area contributed by atoms with E-state index < -0.39 is 6.10 Å². The molecule has 0 aliphatic rings. The smallest absolute Gasteiger partial charge is 0.346 e. The van der Waals surface area contributed by atoms with Crippen LogP contribution in [0.25, 0.3) is 0 Å². The van der Waals surface area contributed by atoms with Crippen LogP contribution in [0.3, 0.4) is 0 Å². The molecular weight excluding hydrogens is 218 g/mol. The molecule has 2 atom stereocenters. The third-order valence-corrected chi connectivity index (χ3v) is 2.56. The Morgan fingerprint density at radius 3 is 2.47 bits per heavy atom. The highest BCUT2D eigenvalue weighted by Crippen LogP contribution is 2.22. The fraction of sp³-hybridized carbons (Fsp3) is 0.462. The molecule has 0 radical (unpaired) electrons. The van der Waals surface area contributed by atoms with E-state index in [0.29, 0.717) is 5.75 Å². The Morgan fingerprint density at radius 1 is 1.35 bits per heavy atom. The number of methoxy groups -OCH3 is 1. The normalized spacial score (nSPS) is 13.9. The summed E-state index contributed by atoms with van der Waals surface area (Å²) in [7, 11) is 1.34. The number of nitrogens with two attached hydrogens (primary N) is 1. The standard InChI is InChI=1S/C13H19NO3/c1-8-7-11(9(2)14)5-6-12(8)17-10(3)13(15)16-4/h5-7,9-10H,14H2,1-4H3/t9-,10?/m1/s1. The molecule has 1 aromatic rings. The van der Waals surface area contributed by atoms with Crippen LogP contribution in [0, 0.1) is 6.92 Å². The molecule has 0 amide bonds. The second-order valence-corrected chi connectivity index (χ2v) is 4.10. The number of esters is 1. The molecule has 4 nitrogen and oxygen atoms in total. The highest BCUT2D eigenvalue weighted by Gasteiger charge is 2.16. The molecule has 0 saturated carbocycles. The summed E-state index contributed by atoms with van der Waals surface area (Å²) in [6, 6.07) is 5.68. The van der Waals surface area contributed by atoms with Crippen LogP contribution in [0.1, 0.15) is 31.0 Å². The zero-order valence-corrected chi connectivity index (χ0v) is 10.7. The predicted octanol–water partition coefficient (Wildman–Crippen LogP) is 1.96. The van der Waals surface area contributed by atoms with Crippen LogP contribution in [-0.4, -0.2) is 19.2 Å². The van der Waals surface area contributed by atoms with Crippen molar-refractivity contribution >= 4 is 5.97 Å². The first-order valence-corrected chi connectivity index (χ1v) is 5.56. The lowest BCUT2D eigenvalue weighted by atomic mass is 10.1. The van der Waals surface area contributed by atoms with Crippen LogP contribution in [0.5, 0.6) is 5.75 Å². The highest BCUT2D eigenvalue weighted by atomic mass is 16.6. The van der Waals surface area contributed by atoms with E-state index >= 15 is 0 Å². The molecule has 0 aromatic heterocycles. The number of benzene rings is 1. The van der Waals surface area contributed by atoms with E-state index in [1.54, 1.807) is 6.92 Å². The minimum atomic E-state index is -0.611. The van der Waals surface area contributed by atoms with Crippen molar-refractivity contribution in [3.63, 3.8) is 0 Å². The average molecular weight is 237 g/mol. The maximum atomic E-state index is 11.2. The van der Waals surface area contributed by atoms with Gasteiger partial charge in [-0.05, 0) is 38.0 Å². The molecule has 2 N–H and O–H groups in total. The van der Waals surface area contributed by atoms with Crippen molar-refractivity contribution in [3.05, 3.63) is 29.3 Å². The minimum absolute atomic E-state index is 0.0132. The van der Waals surface area contributed by atoms with E-state index in [9.17, 15) is 4.79 Å². The van der Waals surface area contributed by atoms with Gasteiger partial charge in [-0.15, -0.1) is 0 Å². The number of carbonyl (C=O) groups is 1. The average Bonchev–Trinajstić information content (AvgIpc) is 2.30. The third-order valence-electron chi connectivity index (χ3n) is 2.56. The van der Waals surface area contributed by atoms with Gasteiger partial charge in [-0.2, -0.15) is 0 Å². The Balaban J connectivity index is 2.83. The summed E-state index contributed by atoms with van der Waals surface area (Å²) >= 11 is 0. The van der Waals surface area contributed by atoms with Crippen LogP contribution in [0.2, 0.25) is 0 Å². The minimum Gasteiger partial charge on any atom is -0.479 e. The zero-order valence-electron chi connectivity index (χ0n) is 10.7. The molecule has 0 saturated heterocycles. The first-order valence-electron chi connectivity index (χ1n) is 5.56. The summed E-state index contributed by atoms with van der Waals surface area (Å²) in [6.07, 6.45) is -0.611. The summed E-state index contributed by atoms with van der Waals surface area (Å²) in [6.45, 7) is 5.50. The van der Waals surface area contributed by atoms with Gasteiger partial charge in [0, 0.05) is 6.04 Å². The Morgan fingerprint density at radius 2 is 2.00 bits per heavy atom. The third kappa shape index (κ3) is 3.46. The zero-order chi connectivity index (χ0) is 13.0. The lowest BCUT2D eigenvalue weighted by Gasteiger charge is -2.15. The molecular formula is C13H19NO3. The Bertz CT molecular complexity index is 402. The van der Waals surface area contributed by atoms with Gasteiger partial charge in [0.15, 0.2) is 6.10 Å². The van der Waals surface area contributed by atoms with Crippen LogP contribution < -0.4 is 10.5 Å². The molecule has 17 heavy (non-hydrogen) atoms. The van der Waals surface area contributed by atoms with Gasteiger partial charge in [-0.1, -0.05) is 12.1 Å². The van der Waals surface area contributed by atoms with E-state index in [0.717, 1.165) is 11.1 Å². The SMILES string of the molecule is COC(=O)C(C)Oc1ccc([C@@H](C)N)cc1C. The molecule has 0 aliphatic heterocycles. The number of hydrogen-bond acceptors (Lipinski definition) is 4. The maximum absolute atomic E-state index is 11.2. The van der Waals surface area contributed by atoms with E-state index in [2.05, 4.69) is 4.74 Å². The summed E-state index contributed by atoms with van der Waals surface area (Å²) in [5.74, 6) is 0.285. The molecule has 0 bridgehead atoms. The number of aryl methyl sites for hydroxylation is 1. The quantitative estimate of drug-likeness (QED) is 0.813. The Hall–Kier alpha value is -1.55. The number of ether oxygens (including phenoxy) is 2. The molecule has 1 unspecified atom stereocenters. The van der Waals surface area contributed by atoms with Crippen LogP contribution in [-0.2, 0) is 9.53 Å². The molecule has 0 aliphatic carbocycles. The lowest BCUT2D eigenvalue weighted by Crippen LogP contribution is -2.25. The van der Waals surface area contributed by atoms with Gasteiger partial charge in [-0.3, -0.25) is 0 Å². The van der Waals surface area contributed by atoms with Crippen molar-refractivity contribution in [2.45, 2.75) is 32.9 Å². The Labute approximate surface area is 102 Å². The summed E-state index contributed by atoms with van der Waals surface area (Å²) in [5, 5.41) is 0. The first kappa shape index (κ1) is 13.5. The number of carbonyl (C=O) groups excluding carboxylic acids is 1. The van der Waals surface area contributed by atoms with Crippen molar-refractivity contribution in [2.75, 3.05) is 7.11 Å². The van der Waals surface area contributed by atoms with Crippen LogP contribution >= 0.6 is 0 Å². The van der Waals surface area contributed by atoms with Crippen molar-refractivity contribution in [3.8, 4) is 5.75 Å². The van der Waals surface area contributed by atoms with Gasteiger partial charge in [-0.25, -0.2) is 4.79 Å². The fourth-order valence-electron chi connectivity index (χ4n) is 1.49. The van der Waals surface area contributed by atoms with Gasteiger partial charge in [0.25, 0.3) is 0 Å². The fourth-order valence-corrected chi connectivity index (χ4v) is 1.49. The Kier molecular flexibility index (Phi) is 4.52. The molecule has 1 aromatic carbocycles. The van der Waals surface area contributed by atoms with Gasteiger partial charge < -0.3 is 15.2 Å². The van der Waals surface area contributed by atoms with Crippen molar-refractivity contribution < 1.29 is 14.3 Å². The topological polar surface area (TPSA) is 61.5 Å². The van der Waals surface area contributed by atoms with Crippen LogP contribution in [0.4, 0.5) is 0 Å². The summed E-state index contributed by atoms with van der Waals surface area (Å²) in [4.78, 5) is 11.2. The second-order valence-electron chi connectivity index (χ2n) is 4.10. The van der Waals surface area contributed by atoms with E-state index in [-0.39, 0.29) is 12.0 Å². The molecule has 4 heteroatoms. The predicted molar refractivity (Wildman–Crippen MR) is 65.9 cm³/mol. The van der Waals surface area contributed by atoms with Gasteiger partial charge in [0.2, 0.25) is 0 Å². The summed E-state index contributed by atoms with van der Waals surface area (Å²) < 4.78 is 10.1. The second kappa shape index (κ2) is 5.68. The van der Waals surface area contributed by atoms with E-state index in [1.165, 1.54) is 7.11 Å². The van der Waals surface area contributed by atoms with E-state index in [4.69, 9.17) is 10.5 Å². The molecule has 1 rings (SSSR count). The van der Waals surface area contributed by atoms with E-state index in [1.807, 2.05) is 32.0 Å². The maximum Gasteiger partial charge on any atom is 0.346 e. The molecule has 0 fully saturated rings. The van der Waals surface area contributed by atoms with Crippen LogP contribution in [0.15, 0.2) is 18.2 Å². The monoisotopic (exact) mass is 237 g/mol. The number of rotatable bonds is 4. The summed E-state index contributed by atoms with van der Waals surface area (Å²) in [5.41, 5.74) is 7.79.